The monoisotopic (exact) mass is 487 g/mol. The lowest BCUT2D eigenvalue weighted by molar-refractivity contribution is -0.127. The Hall–Kier alpha value is -3.81. The topological polar surface area (TPSA) is 90.0 Å². The number of nitrogens with zero attached hydrogens (tertiary/aromatic N) is 1. The predicted octanol–water partition coefficient (Wildman–Crippen LogP) is 4.04. The third kappa shape index (κ3) is 2.76. The molecule has 3 aromatic rings. The van der Waals surface area contributed by atoms with Crippen LogP contribution in [0.1, 0.15) is 32.4 Å². The maximum Gasteiger partial charge on any atom is 0.241 e. The number of carbonyl (C=O) groups excluding carboxylic acids is 4. The van der Waals surface area contributed by atoms with Crippen molar-refractivity contribution >= 4 is 40.7 Å². The lowest BCUT2D eigenvalue weighted by Crippen LogP contribution is -2.51. The van der Waals surface area contributed by atoms with Crippen molar-refractivity contribution in [2.75, 3.05) is 12.0 Å². The molecular formula is C27H18ClNO6. The number of ketones is 2. The number of halogens is 1. The Morgan fingerprint density at radius 2 is 1.49 bits per heavy atom. The van der Waals surface area contributed by atoms with E-state index >= 15 is 0 Å². The molecule has 7 nitrogen and oxygen atoms in total. The van der Waals surface area contributed by atoms with Crippen LogP contribution >= 0.6 is 11.6 Å². The highest BCUT2D eigenvalue weighted by atomic mass is 35.5. The van der Waals surface area contributed by atoms with Gasteiger partial charge < -0.3 is 9.47 Å². The third-order valence-corrected chi connectivity index (χ3v) is 7.26. The molecule has 3 aliphatic rings. The van der Waals surface area contributed by atoms with Crippen LogP contribution in [0.4, 0.5) is 5.69 Å². The summed E-state index contributed by atoms with van der Waals surface area (Å²) < 4.78 is 11.6. The van der Waals surface area contributed by atoms with Crippen molar-refractivity contribution in [1.29, 1.82) is 0 Å². The maximum atomic E-state index is 14.0. The Morgan fingerprint density at radius 1 is 0.857 bits per heavy atom. The van der Waals surface area contributed by atoms with Gasteiger partial charge in [-0.25, -0.2) is 4.90 Å². The summed E-state index contributed by atoms with van der Waals surface area (Å²) in [7, 11) is 1.41. The molecule has 3 aromatic carbocycles. The summed E-state index contributed by atoms with van der Waals surface area (Å²) in [5.41, 5.74) is -1.01. The van der Waals surface area contributed by atoms with Crippen molar-refractivity contribution in [3.8, 4) is 5.75 Å². The first-order valence-electron chi connectivity index (χ1n) is 11.0. The van der Waals surface area contributed by atoms with Crippen molar-refractivity contribution in [2.45, 2.75) is 11.7 Å². The number of ether oxygens (including phenoxy) is 2. The average molecular weight is 488 g/mol. The van der Waals surface area contributed by atoms with Gasteiger partial charge in [0.15, 0.2) is 0 Å². The Bertz CT molecular complexity index is 1400. The molecule has 1 spiro atoms. The molecule has 8 heteroatoms. The minimum Gasteiger partial charge on any atom is -0.495 e. The second kappa shape index (κ2) is 7.60. The molecule has 2 saturated heterocycles. The Morgan fingerprint density at radius 3 is 2.11 bits per heavy atom. The second-order valence-electron chi connectivity index (χ2n) is 8.72. The summed E-state index contributed by atoms with van der Waals surface area (Å²) in [6, 6.07) is 19.8. The number of hydrogen-bond donors (Lipinski definition) is 0. The van der Waals surface area contributed by atoms with Crippen molar-refractivity contribution in [3.05, 3.63) is 94.5 Å². The van der Waals surface area contributed by atoms with Crippen LogP contribution in [0, 0.1) is 11.8 Å². The Labute approximate surface area is 205 Å². The van der Waals surface area contributed by atoms with Crippen LogP contribution < -0.4 is 9.64 Å². The zero-order valence-electron chi connectivity index (χ0n) is 18.4. The number of hydrogen-bond acceptors (Lipinski definition) is 6. The lowest BCUT2D eigenvalue weighted by atomic mass is 9.77. The van der Waals surface area contributed by atoms with Crippen molar-refractivity contribution < 1.29 is 28.7 Å². The zero-order valence-corrected chi connectivity index (χ0v) is 19.2. The molecule has 0 aromatic heterocycles. The van der Waals surface area contributed by atoms with Gasteiger partial charge >= 0.3 is 0 Å². The van der Waals surface area contributed by atoms with Gasteiger partial charge in [-0.2, -0.15) is 0 Å². The summed E-state index contributed by atoms with van der Waals surface area (Å²) >= 11 is 6.18. The normalized spacial score (nSPS) is 24.3. The smallest absolute Gasteiger partial charge is 0.241 e. The molecule has 0 N–H and O–H groups in total. The van der Waals surface area contributed by atoms with Crippen LogP contribution in [0.25, 0.3) is 0 Å². The van der Waals surface area contributed by atoms with Crippen molar-refractivity contribution in [2.24, 2.45) is 11.8 Å². The number of methoxy groups -OCH3 is 1. The largest absolute Gasteiger partial charge is 0.495 e. The SMILES string of the molecule is COc1ccc(Cl)cc1N1C(=O)[C@@H]2[C@@H](C1=O)C1(O[C@H]2c2ccccc2)C(=O)c2ccccc2C1=O. The van der Waals surface area contributed by atoms with Gasteiger partial charge in [0, 0.05) is 16.1 Å². The van der Waals surface area contributed by atoms with Crippen molar-refractivity contribution in [1.82, 2.24) is 0 Å². The molecular weight excluding hydrogens is 470 g/mol. The summed E-state index contributed by atoms with van der Waals surface area (Å²) in [6.45, 7) is 0. The van der Waals surface area contributed by atoms with Gasteiger partial charge in [0.1, 0.15) is 5.75 Å². The number of anilines is 1. The fraction of sp³-hybridized carbons (Fsp3) is 0.185. The third-order valence-electron chi connectivity index (χ3n) is 7.03. The van der Waals surface area contributed by atoms with E-state index in [0.29, 0.717) is 10.6 Å². The highest BCUT2D eigenvalue weighted by Gasteiger charge is 2.74. The number of carbonyl (C=O) groups is 4. The number of benzene rings is 3. The molecule has 2 fully saturated rings. The van der Waals surface area contributed by atoms with Gasteiger partial charge in [-0.1, -0.05) is 66.2 Å². The van der Waals surface area contributed by atoms with E-state index in [1.165, 1.54) is 25.3 Å². The molecule has 174 valence electrons. The minimum absolute atomic E-state index is 0.154. The molecule has 6 rings (SSSR count). The van der Waals surface area contributed by atoms with E-state index in [4.69, 9.17) is 21.1 Å². The number of fused-ring (bicyclic) bond motifs is 3. The van der Waals surface area contributed by atoms with Gasteiger partial charge in [0.25, 0.3) is 0 Å². The molecule has 0 saturated carbocycles. The van der Waals surface area contributed by atoms with E-state index in [-0.39, 0.29) is 22.6 Å². The molecule has 0 bridgehead atoms. The Balaban J connectivity index is 1.56. The van der Waals surface area contributed by atoms with Gasteiger partial charge in [-0.15, -0.1) is 0 Å². The molecule has 0 radical (unpaired) electrons. The number of rotatable bonds is 3. The standard InChI is InChI=1S/C27H18ClNO6/c1-34-19-12-11-15(28)13-18(19)29-25(32)20-21(26(29)33)27(35-22(20)14-7-3-2-4-8-14)23(30)16-9-5-6-10-17(16)24(27)31/h2-13,20-22H,1H3/t20-,21+,22+/m1/s1. The van der Waals surface area contributed by atoms with E-state index in [1.54, 1.807) is 54.6 Å². The molecule has 2 aliphatic heterocycles. The molecule has 2 heterocycles. The van der Waals surface area contributed by atoms with Crippen LogP contribution in [0.15, 0.2) is 72.8 Å². The lowest BCUT2D eigenvalue weighted by Gasteiger charge is -2.27. The summed E-state index contributed by atoms with van der Waals surface area (Å²) in [6.07, 6.45) is -0.977. The summed E-state index contributed by atoms with van der Waals surface area (Å²) in [5.74, 6) is -4.65. The van der Waals surface area contributed by atoms with E-state index in [2.05, 4.69) is 0 Å². The van der Waals surface area contributed by atoms with Crippen LogP contribution in [-0.2, 0) is 14.3 Å². The predicted molar refractivity (Wildman–Crippen MR) is 126 cm³/mol. The van der Waals surface area contributed by atoms with Gasteiger partial charge in [0.2, 0.25) is 29.0 Å². The molecule has 3 atom stereocenters. The molecule has 35 heavy (non-hydrogen) atoms. The van der Waals surface area contributed by atoms with Crippen LogP contribution in [0.2, 0.25) is 5.02 Å². The van der Waals surface area contributed by atoms with Crippen LogP contribution in [0.3, 0.4) is 0 Å². The Kier molecular flexibility index (Phi) is 4.71. The first kappa shape index (κ1) is 21.7. The van der Waals surface area contributed by atoms with Crippen LogP contribution in [-0.4, -0.2) is 36.1 Å². The van der Waals surface area contributed by atoms with E-state index in [9.17, 15) is 19.2 Å². The van der Waals surface area contributed by atoms with E-state index in [1.807, 2.05) is 0 Å². The first-order valence-corrected chi connectivity index (χ1v) is 11.4. The van der Waals surface area contributed by atoms with E-state index in [0.717, 1.165) is 4.90 Å². The van der Waals surface area contributed by atoms with E-state index < -0.39 is 46.9 Å². The zero-order chi connectivity index (χ0) is 24.5. The molecule has 2 amide bonds. The summed E-state index contributed by atoms with van der Waals surface area (Å²) in [4.78, 5) is 56.3. The average Bonchev–Trinajstić information content (AvgIpc) is 3.44. The van der Waals surface area contributed by atoms with Crippen LogP contribution in [0.5, 0.6) is 5.75 Å². The highest BCUT2D eigenvalue weighted by Crippen LogP contribution is 2.58. The minimum atomic E-state index is -2.12. The summed E-state index contributed by atoms with van der Waals surface area (Å²) in [5, 5.41) is 0.296. The molecule has 1 aliphatic carbocycles. The maximum absolute atomic E-state index is 14.0. The number of Topliss-reactive ketones (excluding diaryl/α,β-unsaturated/α-hetero) is 2. The quantitative estimate of drug-likeness (QED) is 0.409. The van der Waals surface area contributed by atoms with Gasteiger partial charge in [-0.05, 0) is 23.8 Å². The fourth-order valence-electron chi connectivity index (χ4n) is 5.54. The van der Waals surface area contributed by atoms with Crippen molar-refractivity contribution in [3.63, 3.8) is 0 Å². The first-order chi connectivity index (χ1) is 16.9. The second-order valence-corrected chi connectivity index (χ2v) is 9.16. The number of imide groups is 1. The fourth-order valence-corrected chi connectivity index (χ4v) is 5.70. The van der Waals surface area contributed by atoms with Gasteiger partial charge in [-0.3, -0.25) is 19.2 Å². The highest BCUT2D eigenvalue weighted by molar-refractivity contribution is 6.37. The number of amides is 2. The van der Waals surface area contributed by atoms with Gasteiger partial charge in [0.05, 0.1) is 30.7 Å². The molecule has 0 unspecified atom stereocenters.